The lowest BCUT2D eigenvalue weighted by atomic mass is 10.2. The summed E-state index contributed by atoms with van der Waals surface area (Å²) in [4.78, 5) is 12.4. The van der Waals surface area contributed by atoms with Gasteiger partial charge < -0.3 is 16.4 Å². The number of nitrogen functional groups attached to an aromatic ring is 1. The zero-order valence-electron chi connectivity index (χ0n) is 11.6. The van der Waals surface area contributed by atoms with Gasteiger partial charge in [0.15, 0.2) is 0 Å². The number of nitrogens with two attached hydrogens (primary N) is 1. The lowest BCUT2D eigenvalue weighted by molar-refractivity contribution is 0.0958. The summed E-state index contributed by atoms with van der Waals surface area (Å²) in [6.45, 7) is 3.05. The molecule has 2 aromatic rings. The van der Waals surface area contributed by atoms with Crippen molar-refractivity contribution in [3.63, 3.8) is 0 Å². The van der Waals surface area contributed by atoms with Crippen molar-refractivity contribution in [3.05, 3.63) is 28.4 Å². The minimum atomic E-state index is -0.243. The summed E-state index contributed by atoms with van der Waals surface area (Å²) >= 11 is 1.19. The van der Waals surface area contributed by atoms with Gasteiger partial charge in [0, 0.05) is 24.8 Å². The highest BCUT2D eigenvalue weighted by Gasteiger charge is 2.20. The molecule has 0 aliphatic heterocycles. The molecule has 2 aromatic heterocycles. The highest BCUT2D eigenvalue weighted by molar-refractivity contribution is 7.18. The molecular weight excluding hydrogens is 288 g/mol. The fourth-order valence-corrected chi connectivity index (χ4v) is 2.71. The molecule has 7 nitrogen and oxygen atoms in total. The van der Waals surface area contributed by atoms with Crippen molar-refractivity contribution >= 4 is 27.9 Å². The van der Waals surface area contributed by atoms with Crippen LogP contribution < -0.4 is 16.4 Å². The Hall–Kier alpha value is -2.53. The van der Waals surface area contributed by atoms with Crippen LogP contribution in [0.2, 0.25) is 0 Å². The lowest BCUT2D eigenvalue weighted by Gasteiger charge is -2.01. The van der Waals surface area contributed by atoms with E-state index in [0.717, 1.165) is 12.0 Å². The minimum absolute atomic E-state index is 0.228. The Balaban J connectivity index is 2.17. The number of aromatic nitrogens is 2. The van der Waals surface area contributed by atoms with Crippen LogP contribution in [0.5, 0.6) is 0 Å². The second kappa shape index (κ2) is 6.76. The third kappa shape index (κ3) is 3.32. The van der Waals surface area contributed by atoms with Gasteiger partial charge in [-0.05, 0) is 6.42 Å². The van der Waals surface area contributed by atoms with Gasteiger partial charge in [0.2, 0.25) is 0 Å². The largest absolute Gasteiger partial charge is 0.396 e. The van der Waals surface area contributed by atoms with Crippen molar-refractivity contribution in [1.82, 2.24) is 15.5 Å². The van der Waals surface area contributed by atoms with Crippen molar-refractivity contribution < 1.29 is 4.79 Å². The van der Waals surface area contributed by atoms with E-state index in [0.29, 0.717) is 28.5 Å². The second-order valence-corrected chi connectivity index (χ2v) is 5.40. The fourth-order valence-electron chi connectivity index (χ4n) is 1.72. The van der Waals surface area contributed by atoms with Crippen LogP contribution in [0.25, 0.3) is 0 Å². The molecule has 0 fully saturated rings. The SMILES string of the molecule is CCCNC(=O)c1sc(NCc2cn[nH]c2)c(C#N)c1N. The number of amides is 1. The Morgan fingerprint density at radius 2 is 2.43 bits per heavy atom. The molecule has 0 bridgehead atoms. The number of anilines is 2. The molecule has 0 spiro atoms. The molecule has 8 heteroatoms. The van der Waals surface area contributed by atoms with Crippen LogP contribution >= 0.6 is 11.3 Å². The quantitative estimate of drug-likeness (QED) is 0.647. The predicted octanol–water partition coefficient (Wildman–Crippen LogP) is 1.68. The van der Waals surface area contributed by atoms with Crippen molar-refractivity contribution in [2.45, 2.75) is 19.9 Å². The maximum atomic E-state index is 12.0. The molecule has 2 rings (SSSR count). The zero-order chi connectivity index (χ0) is 15.2. The predicted molar refractivity (Wildman–Crippen MR) is 82.0 cm³/mol. The number of hydrogen-bond acceptors (Lipinski definition) is 6. The Labute approximate surface area is 126 Å². The van der Waals surface area contributed by atoms with Crippen LogP contribution in [0.3, 0.4) is 0 Å². The van der Waals surface area contributed by atoms with E-state index in [2.05, 4.69) is 20.8 Å². The summed E-state index contributed by atoms with van der Waals surface area (Å²) in [6.07, 6.45) is 4.28. The molecule has 0 saturated heterocycles. The van der Waals surface area contributed by atoms with Crippen LogP contribution in [-0.4, -0.2) is 22.6 Å². The molecule has 0 aliphatic rings. The average Bonchev–Trinajstić information content (AvgIpc) is 3.10. The molecule has 0 radical (unpaired) electrons. The number of hydrogen-bond donors (Lipinski definition) is 4. The maximum absolute atomic E-state index is 12.0. The van der Waals surface area contributed by atoms with Gasteiger partial charge in [0.25, 0.3) is 5.91 Å². The first-order chi connectivity index (χ1) is 10.2. The van der Waals surface area contributed by atoms with Crippen LogP contribution in [0.15, 0.2) is 12.4 Å². The minimum Gasteiger partial charge on any atom is -0.396 e. The fraction of sp³-hybridized carbons (Fsp3) is 0.308. The normalized spacial score (nSPS) is 10.1. The van der Waals surface area contributed by atoms with Crippen molar-refractivity contribution in [2.24, 2.45) is 0 Å². The third-order valence-corrected chi connectivity index (χ3v) is 3.97. The number of carbonyl (C=O) groups excluding carboxylic acids is 1. The smallest absolute Gasteiger partial charge is 0.263 e. The number of nitriles is 1. The van der Waals surface area contributed by atoms with Gasteiger partial charge in [-0.15, -0.1) is 11.3 Å². The van der Waals surface area contributed by atoms with E-state index in [-0.39, 0.29) is 11.6 Å². The molecule has 0 atom stereocenters. The summed E-state index contributed by atoms with van der Waals surface area (Å²) in [5.41, 5.74) is 7.39. The van der Waals surface area contributed by atoms with E-state index >= 15 is 0 Å². The van der Waals surface area contributed by atoms with Gasteiger partial charge >= 0.3 is 0 Å². The number of rotatable bonds is 6. The molecule has 1 amide bonds. The number of nitrogens with one attached hydrogen (secondary N) is 3. The number of aromatic amines is 1. The first-order valence-corrected chi connectivity index (χ1v) is 7.31. The summed E-state index contributed by atoms with van der Waals surface area (Å²) in [6, 6.07) is 2.04. The summed E-state index contributed by atoms with van der Waals surface area (Å²) in [7, 11) is 0. The Morgan fingerprint density at radius 1 is 1.62 bits per heavy atom. The van der Waals surface area contributed by atoms with Crippen LogP contribution in [0.1, 0.15) is 34.1 Å². The average molecular weight is 304 g/mol. The van der Waals surface area contributed by atoms with E-state index < -0.39 is 0 Å². The number of carbonyl (C=O) groups is 1. The summed E-state index contributed by atoms with van der Waals surface area (Å²) in [5, 5.41) is 22.2. The van der Waals surface area contributed by atoms with E-state index in [1.54, 1.807) is 12.4 Å². The van der Waals surface area contributed by atoms with Gasteiger partial charge in [-0.2, -0.15) is 10.4 Å². The monoisotopic (exact) mass is 304 g/mol. The van der Waals surface area contributed by atoms with Crippen LogP contribution in [0, 0.1) is 11.3 Å². The standard InChI is InChI=1S/C13H16N6OS/c1-2-3-16-12(20)11-10(15)9(4-14)13(21-11)17-5-8-6-18-19-7-8/h6-7,17H,2-3,5,15H2,1H3,(H,16,20)(H,18,19). The van der Waals surface area contributed by atoms with Gasteiger partial charge in [0.05, 0.1) is 11.9 Å². The molecule has 21 heavy (non-hydrogen) atoms. The molecular formula is C13H16N6OS. The van der Waals surface area contributed by atoms with Gasteiger partial charge in [-0.1, -0.05) is 6.92 Å². The first-order valence-electron chi connectivity index (χ1n) is 6.49. The van der Waals surface area contributed by atoms with Crippen LogP contribution in [0.4, 0.5) is 10.7 Å². The maximum Gasteiger partial charge on any atom is 0.263 e. The number of thiophene rings is 1. The highest BCUT2D eigenvalue weighted by atomic mass is 32.1. The molecule has 0 aromatic carbocycles. The van der Waals surface area contributed by atoms with Crippen molar-refractivity contribution in [2.75, 3.05) is 17.6 Å². The van der Waals surface area contributed by atoms with E-state index in [4.69, 9.17) is 5.73 Å². The molecule has 110 valence electrons. The molecule has 2 heterocycles. The molecule has 5 N–H and O–H groups in total. The zero-order valence-corrected chi connectivity index (χ0v) is 12.4. The Kier molecular flexibility index (Phi) is 4.79. The summed E-state index contributed by atoms with van der Waals surface area (Å²) < 4.78 is 0. The lowest BCUT2D eigenvalue weighted by Crippen LogP contribution is -2.23. The number of H-pyrrole nitrogens is 1. The molecule has 0 unspecified atom stereocenters. The Morgan fingerprint density at radius 3 is 3.05 bits per heavy atom. The topological polar surface area (TPSA) is 120 Å². The second-order valence-electron chi connectivity index (χ2n) is 4.38. The van der Waals surface area contributed by atoms with Crippen molar-refractivity contribution in [3.8, 4) is 6.07 Å². The highest BCUT2D eigenvalue weighted by Crippen LogP contribution is 2.35. The molecule has 0 aliphatic carbocycles. The van der Waals surface area contributed by atoms with E-state index in [1.165, 1.54) is 11.3 Å². The van der Waals surface area contributed by atoms with Gasteiger partial charge in [-0.3, -0.25) is 9.89 Å². The van der Waals surface area contributed by atoms with E-state index in [9.17, 15) is 10.1 Å². The Bertz CT molecular complexity index is 655. The molecule has 0 saturated carbocycles. The van der Waals surface area contributed by atoms with Gasteiger partial charge in [-0.25, -0.2) is 0 Å². The van der Waals surface area contributed by atoms with Gasteiger partial charge in [0.1, 0.15) is 21.5 Å². The first kappa shape index (κ1) is 14.9. The number of nitrogens with zero attached hydrogens (tertiary/aromatic N) is 2. The van der Waals surface area contributed by atoms with Crippen molar-refractivity contribution in [1.29, 1.82) is 5.26 Å². The van der Waals surface area contributed by atoms with Crippen LogP contribution in [-0.2, 0) is 6.54 Å². The third-order valence-electron chi connectivity index (χ3n) is 2.81. The van der Waals surface area contributed by atoms with E-state index in [1.807, 2.05) is 13.0 Å². The summed E-state index contributed by atoms with van der Waals surface area (Å²) in [5.74, 6) is -0.243.